The molecule has 0 bridgehead atoms. The molecule has 0 saturated carbocycles. The summed E-state index contributed by atoms with van der Waals surface area (Å²) in [7, 11) is 0. The van der Waals surface area contributed by atoms with E-state index >= 15 is 0 Å². The van der Waals surface area contributed by atoms with Crippen LogP contribution in [0.4, 0.5) is 0 Å². The van der Waals surface area contributed by atoms with E-state index in [4.69, 9.17) is 4.84 Å². The SMILES string of the molecule is CC/C=C(\C)[C@H]1ON=C([C@@H](C)CI)[C@H]1C. The quantitative estimate of drug-likeness (QED) is 0.438. The van der Waals surface area contributed by atoms with Crippen molar-refractivity contribution in [3.63, 3.8) is 0 Å². The van der Waals surface area contributed by atoms with Gasteiger partial charge >= 0.3 is 0 Å². The summed E-state index contributed by atoms with van der Waals surface area (Å²) in [5.41, 5.74) is 2.53. The van der Waals surface area contributed by atoms with Gasteiger partial charge in [0.25, 0.3) is 0 Å². The van der Waals surface area contributed by atoms with Crippen molar-refractivity contribution >= 4 is 28.3 Å². The Bertz CT molecular complexity index is 273. The summed E-state index contributed by atoms with van der Waals surface area (Å²) in [6.45, 7) is 8.72. The zero-order valence-corrected chi connectivity index (χ0v) is 12.1. The Morgan fingerprint density at radius 3 is 2.87 bits per heavy atom. The van der Waals surface area contributed by atoms with E-state index in [1.165, 1.54) is 11.3 Å². The molecule has 1 rings (SSSR count). The van der Waals surface area contributed by atoms with Gasteiger partial charge in [0, 0.05) is 16.3 Å². The number of hydrogen-bond donors (Lipinski definition) is 0. The third-order valence-corrected chi connectivity index (χ3v) is 4.22. The number of oxime groups is 1. The molecule has 0 amide bonds. The van der Waals surface area contributed by atoms with Crippen LogP contribution in [0.1, 0.15) is 34.1 Å². The molecule has 0 N–H and O–H groups in total. The van der Waals surface area contributed by atoms with Crippen LogP contribution >= 0.6 is 22.6 Å². The van der Waals surface area contributed by atoms with E-state index in [1.807, 2.05) is 0 Å². The van der Waals surface area contributed by atoms with Gasteiger partial charge < -0.3 is 4.84 Å². The minimum Gasteiger partial charge on any atom is -0.387 e. The molecule has 1 aliphatic heterocycles. The first-order valence-electron chi connectivity index (χ1n) is 5.58. The monoisotopic (exact) mass is 321 g/mol. The van der Waals surface area contributed by atoms with Gasteiger partial charge in [-0.1, -0.05) is 54.6 Å². The van der Waals surface area contributed by atoms with Crippen LogP contribution in [0.25, 0.3) is 0 Å². The maximum atomic E-state index is 5.53. The van der Waals surface area contributed by atoms with E-state index in [0.29, 0.717) is 11.8 Å². The lowest BCUT2D eigenvalue weighted by molar-refractivity contribution is 0.0921. The summed E-state index contributed by atoms with van der Waals surface area (Å²) in [6.07, 6.45) is 3.47. The normalized spacial score (nSPS) is 28.6. The standard InChI is InChI=1S/C12H20INO/c1-5-6-8(2)12-10(4)11(14-15-12)9(3)7-13/h6,9-10,12H,5,7H2,1-4H3/b8-6+/t9-,10+,12+/m0/s1. The van der Waals surface area contributed by atoms with Crippen molar-refractivity contribution in [2.24, 2.45) is 17.0 Å². The van der Waals surface area contributed by atoms with E-state index in [2.05, 4.69) is 61.5 Å². The highest BCUT2D eigenvalue weighted by Crippen LogP contribution is 2.28. The van der Waals surface area contributed by atoms with Crippen molar-refractivity contribution in [1.82, 2.24) is 0 Å². The summed E-state index contributed by atoms with van der Waals surface area (Å²) >= 11 is 2.40. The van der Waals surface area contributed by atoms with Crippen molar-refractivity contribution in [3.8, 4) is 0 Å². The molecule has 2 nitrogen and oxygen atoms in total. The molecule has 0 fully saturated rings. The van der Waals surface area contributed by atoms with Crippen LogP contribution < -0.4 is 0 Å². The van der Waals surface area contributed by atoms with Crippen molar-refractivity contribution in [2.75, 3.05) is 4.43 Å². The molecule has 0 aromatic rings. The lowest BCUT2D eigenvalue weighted by Gasteiger charge is -2.17. The first-order valence-corrected chi connectivity index (χ1v) is 7.10. The average molecular weight is 321 g/mol. The topological polar surface area (TPSA) is 21.6 Å². The Labute approximate surface area is 106 Å². The zero-order chi connectivity index (χ0) is 11.4. The predicted molar refractivity (Wildman–Crippen MR) is 73.6 cm³/mol. The van der Waals surface area contributed by atoms with Crippen LogP contribution in [0.15, 0.2) is 16.8 Å². The van der Waals surface area contributed by atoms with Crippen molar-refractivity contribution in [3.05, 3.63) is 11.6 Å². The lowest BCUT2D eigenvalue weighted by atomic mass is 9.89. The molecular weight excluding hydrogens is 301 g/mol. The first kappa shape index (κ1) is 13.0. The average Bonchev–Trinajstić information content (AvgIpc) is 2.59. The Balaban J connectivity index is 2.68. The molecule has 0 radical (unpaired) electrons. The van der Waals surface area contributed by atoms with Gasteiger partial charge in [-0.2, -0.15) is 0 Å². The molecule has 3 heteroatoms. The van der Waals surface area contributed by atoms with E-state index in [9.17, 15) is 0 Å². The third-order valence-electron chi connectivity index (χ3n) is 2.90. The van der Waals surface area contributed by atoms with Crippen molar-refractivity contribution in [2.45, 2.75) is 40.2 Å². The number of hydrogen-bond acceptors (Lipinski definition) is 2. The maximum Gasteiger partial charge on any atom is 0.156 e. The summed E-state index contributed by atoms with van der Waals surface area (Å²) in [6, 6.07) is 0. The largest absolute Gasteiger partial charge is 0.387 e. The van der Waals surface area contributed by atoms with Crippen LogP contribution in [0, 0.1) is 11.8 Å². The van der Waals surface area contributed by atoms with Gasteiger partial charge in [0.1, 0.15) is 0 Å². The fraction of sp³-hybridized carbons (Fsp3) is 0.750. The molecule has 0 aromatic carbocycles. The number of nitrogens with zero attached hydrogens (tertiary/aromatic N) is 1. The van der Waals surface area contributed by atoms with Gasteiger partial charge in [-0.05, 0) is 18.9 Å². The molecule has 3 atom stereocenters. The second-order valence-electron chi connectivity index (χ2n) is 4.24. The molecule has 0 aliphatic carbocycles. The molecule has 15 heavy (non-hydrogen) atoms. The number of allylic oxidation sites excluding steroid dienone is 1. The fourth-order valence-corrected chi connectivity index (χ4v) is 2.43. The number of alkyl halides is 1. The van der Waals surface area contributed by atoms with Crippen molar-refractivity contribution in [1.29, 1.82) is 0 Å². The van der Waals surface area contributed by atoms with Gasteiger partial charge in [0.05, 0.1) is 5.71 Å². The van der Waals surface area contributed by atoms with Gasteiger partial charge in [-0.15, -0.1) is 0 Å². The molecule has 1 heterocycles. The Kier molecular flexibility index (Phi) is 5.09. The van der Waals surface area contributed by atoms with E-state index in [-0.39, 0.29) is 6.10 Å². The molecule has 1 aliphatic rings. The van der Waals surface area contributed by atoms with Crippen LogP contribution in [-0.2, 0) is 4.84 Å². The molecule has 0 aromatic heterocycles. The zero-order valence-electron chi connectivity index (χ0n) is 9.96. The summed E-state index contributed by atoms with van der Waals surface area (Å²) < 4.78 is 1.10. The lowest BCUT2D eigenvalue weighted by Crippen LogP contribution is -2.26. The van der Waals surface area contributed by atoms with E-state index < -0.39 is 0 Å². The highest BCUT2D eigenvalue weighted by Gasteiger charge is 2.33. The molecule has 0 unspecified atom stereocenters. The summed E-state index contributed by atoms with van der Waals surface area (Å²) in [4.78, 5) is 5.53. The summed E-state index contributed by atoms with van der Waals surface area (Å²) in [5, 5.41) is 4.24. The van der Waals surface area contributed by atoms with Crippen LogP contribution in [0.2, 0.25) is 0 Å². The highest BCUT2D eigenvalue weighted by atomic mass is 127. The van der Waals surface area contributed by atoms with Gasteiger partial charge in [0.15, 0.2) is 6.10 Å². The Morgan fingerprint density at radius 1 is 1.67 bits per heavy atom. The highest BCUT2D eigenvalue weighted by molar-refractivity contribution is 14.1. The van der Waals surface area contributed by atoms with Crippen molar-refractivity contribution < 1.29 is 4.84 Å². The van der Waals surface area contributed by atoms with Gasteiger partial charge in [-0.3, -0.25) is 0 Å². The second-order valence-corrected chi connectivity index (χ2v) is 5.12. The molecular formula is C12H20INO. The van der Waals surface area contributed by atoms with Crippen LogP contribution in [-0.4, -0.2) is 16.2 Å². The first-order chi connectivity index (χ1) is 7.11. The second kappa shape index (κ2) is 5.87. The maximum absolute atomic E-state index is 5.53. The molecule has 0 saturated heterocycles. The number of halogens is 1. The Hall–Kier alpha value is -0.0600. The molecule has 86 valence electrons. The Morgan fingerprint density at radius 2 is 2.33 bits per heavy atom. The summed E-state index contributed by atoms with van der Waals surface area (Å²) in [5.74, 6) is 0.956. The van der Waals surface area contributed by atoms with Gasteiger partial charge in [0.2, 0.25) is 0 Å². The van der Waals surface area contributed by atoms with E-state index in [1.54, 1.807) is 0 Å². The van der Waals surface area contributed by atoms with Crippen LogP contribution in [0.3, 0.4) is 0 Å². The molecule has 0 spiro atoms. The van der Waals surface area contributed by atoms with E-state index in [0.717, 1.165) is 10.8 Å². The third kappa shape index (κ3) is 2.95. The number of rotatable bonds is 4. The fourth-order valence-electron chi connectivity index (χ4n) is 1.98. The van der Waals surface area contributed by atoms with Gasteiger partial charge in [-0.25, -0.2) is 0 Å². The minimum atomic E-state index is 0.172. The smallest absolute Gasteiger partial charge is 0.156 e. The minimum absolute atomic E-state index is 0.172. The van der Waals surface area contributed by atoms with Crippen LogP contribution in [0.5, 0.6) is 0 Å². The predicted octanol–water partition coefficient (Wildman–Crippen LogP) is 3.80.